The average Bonchev–Trinajstić information content (AvgIpc) is 3.11. The van der Waals surface area contributed by atoms with Gasteiger partial charge in [-0.3, -0.25) is 9.36 Å². The minimum atomic E-state index is -0.0673. The lowest BCUT2D eigenvalue weighted by Crippen LogP contribution is -2.39. The minimum Gasteiger partial charge on any atom is -0.347 e. The molecule has 0 aliphatic carbocycles. The lowest BCUT2D eigenvalue weighted by molar-refractivity contribution is 0.0700. The van der Waals surface area contributed by atoms with Gasteiger partial charge in [0.2, 0.25) is 0 Å². The van der Waals surface area contributed by atoms with Crippen molar-refractivity contribution < 1.29 is 4.79 Å². The highest BCUT2D eigenvalue weighted by molar-refractivity contribution is 5.92. The fraction of sp³-hybridized carbons (Fsp3) is 0.588. The lowest BCUT2D eigenvalue weighted by Gasteiger charge is -2.32. The molecule has 0 saturated carbocycles. The summed E-state index contributed by atoms with van der Waals surface area (Å²) < 4.78 is 5.04. The molecule has 24 heavy (non-hydrogen) atoms. The molecule has 0 atom stereocenters. The number of carbonyl (C=O) groups excluding carboxylic acids is 1. The van der Waals surface area contributed by atoms with E-state index in [0.29, 0.717) is 18.8 Å². The first kappa shape index (κ1) is 16.5. The number of rotatable bonds is 3. The second-order valence-corrected chi connectivity index (χ2v) is 6.80. The van der Waals surface area contributed by atoms with Crippen molar-refractivity contribution in [1.82, 2.24) is 23.8 Å². The molecule has 1 saturated heterocycles. The Balaban J connectivity index is 1.74. The first-order valence-corrected chi connectivity index (χ1v) is 8.46. The standard InChI is InChI=1S/C17H25N5O2/c1-12(2)22-15(18-20(4)17(22)24)13-7-10-21(11-8-13)16(23)14-6-5-9-19(14)3/h5-6,9,12-13H,7-8,10-11H2,1-4H3. The van der Waals surface area contributed by atoms with Crippen LogP contribution in [-0.4, -0.2) is 42.8 Å². The van der Waals surface area contributed by atoms with E-state index in [1.165, 1.54) is 4.68 Å². The number of amides is 1. The molecule has 0 spiro atoms. The van der Waals surface area contributed by atoms with Crippen LogP contribution in [0.3, 0.4) is 0 Å². The molecule has 1 aliphatic rings. The molecule has 0 radical (unpaired) electrons. The summed E-state index contributed by atoms with van der Waals surface area (Å²) in [6, 6.07) is 3.82. The zero-order chi connectivity index (χ0) is 17.4. The molecule has 0 aromatic carbocycles. The Labute approximate surface area is 141 Å². The summed E-state index contributed by atoms with van der Waals surface area (Å²) in [5.41, 5.74) is 0.646. The van der Waals surface area contributed by atoms with Gasteiger partial charge in [-0.1, -0.05) is 0 Å². The van der Waals surface area contributed by atoms with Gasteiger partial charge in [0.25, 0.3) is 5.91 Å². The zero-order valence-corrected chi connectivity index (χ0v) is 14.8. The quantitative estimate of drug-likeness (QED) is 0.856. The second kappa shape index (κ2) is 6.30. The van der Waals surface area contributed by atoms with Crippen molar-refractivity contribution in [3.63, 3.8) is 0 Å². The number of aromatic nitrogens is 4. The molecule has 130 valence electrons. The van der Waals surface area contributed by atoms with Gasteiger partial charge in [0, 0.05) is 45.3 Å². The van der Waals surface area contributed by atoms with Crippen molar-refractivity contribution in [2.45, 2.75) is 38.6 Å². The van der Waals surface area contributed by atoms with Gasteiger partial charge in [0.05, 0.1) is 0 Å². The molecule has 0 N–H and O–H groups in total. The fourth-order valence-corrected chi connectivity index (χ4v) is 3.45. The van der Waals surface area contributed by atoms with E-state index in [0.717, 1.165) is 18.7 Å². The van der Waals surface area contributed by atoms with E-state index in [9.17, 15) is 9.59 Å². The number of hydrogen-bond acceptors (Lipinski definition) is 3. The summed E-state index contributed by atoms with van der Waals surface area (Å²) in [6.45, 7) is 5.39. The molecule has 7 nitrogen and oxygen atoms in total. The van der Waals surface area contributed by atoms with Gasteiger partial charge in [-0.25, -0.2) is 9.48 Å². The third kappa shape index (κ3) is 2.79. The zero-order valence-electron chi connectivity index (χ0n) is 14.8. The molecular weight excluding hydrogens is 306 g/mol. The monoisotopic (exact) mass is 331 g/mol. The lowest BCUT2D eigenvalue weighted by atomic mass is 9.95. The van der Waals surface area contributed by atoms with Gasteiger partial charge >= 0.3 is 5.69 Å². The Morgan fingerprint density at radius 1 is 1.25 bits per heavy atom. The maximum atomic E-state index is 12.6. The number of piperidine rings is 1. The molecule has 0 bridgehead atoms. The summed E-state index contributed by atoms with van der Waals surface area (Å²) in [5, 5.41) is 4.45. The largest absolute Gasteiger partial charge is 0.347 e. The number of hydrogen-bond donors (Lipinski definition) is 0. The molecular formula is C17H25N5O2. The predicted octanol–water partition coefficient (Wildman–Crippen LogP) is 1.52. The Morgan fingerprint density at radius 2 is 1.92 bits per heavy atom. The fourth-order valence-electron chi connectivity index (χ4n) is 3.45. The summed E-state index contributed by atoms with van der Waals surface area (Å²) >= 11 is 0. The van der Waals surface area contributed by atoms with Crippen LogP contribution in [-0.2, 0) is 14.1 Å². The highest BCUT2D eigenvalue weighted by atomic mass is 16.2. The van der Waals surface area contributed by atoms with E-state index >= 15 is 0 Å². The second-order valence-electron chi connectivity index (χ2n) is 6.80. The summed E-state index contributed by atoms with van der Waals surface area (Å²) in [5.74, 6) is 1.14. The van der Waals surface area contributed by atoms with Crippen LogP contribution < -0.4 is 5.69 Å². The molecule has 1 amide bonds. The highest BCUT2D eigenvalue weighted by Gasteiger charge is 2.29. The maximum Gasteiger partial charge on any atom is 0.345 e. The summed E-state index contributed by atoms with van der Waals surface area (Å²) in [7, 11) is 3.58. The van der Waals surface area contributed by atoms with Crippen LogP contribution in [0.1, 0.15) is 55.0 Å². The minimum absolute atomic E-state index is 0.0673. The van der Waals surface area contributed by atoms with Crippen molar-refractivity contribution in [2.24, 2.45) is 14.1 Å². The molecule has 1 fully saturated rings. The van der Waals surface area contributed by atoms with Crippen LogP contribution >= 0.6 is 0 Å². The van der Waals surface area contributed by atoms with E-state index in [-0.39, 0.29) is 23.6 Å². The smallest absolute Gasteiger partial charge is 0.345 e. The van der Waals surface area contributed by atoms with Crippen LogP contribution in [0.4, 0.5) is 0 Å². The Hall–Kier alpha value is -2.31. The van der Waals surface area contributed by atoms with E-state index in [4.69, 9.17) is 0 Å². The molecule has 3 rings (SSSR count). The van der Waals surface area contributed by atoms with Crippen molar-refractivity contribution in [3.8, 4) is 0 Å². The van der Waals surface area contributed by atoms with Crippen molar-refractivity contribution in [1.29, 1.82) is 0 Å². The van der Waals surface area contributed by atoms with E-state index in [1.807, 2.05) is 48.7 Å². The molecule has 3 heterocycles. The van der Waals surface area contributed by atoms with Gasteiger partial charge in [-0.15, -0.1) is 0 Å². The van der Waals surface area contributed by atoms with Gasteiger partial charge < -0.3 is 9.47 Å². The van der Waals surface area contributed by atoms with E-state index in [1.54, 1.807) is 11.6 Å². The van der Waals surface area contributed by atoms with Crippen LogP contribution in [0.2, 0.25) is 0 Å². The topological polar surface area (TPSA) is 65.1 Å². The highest BCUT2D eigenvalue weighted by Crippen LogP contribution is 2.28. The van der Waals surface area contributed by atoms with Crippen LogP contribution in [0, 0.1) is 0 Å². The molecule has 1 aliphatic heterocycles. The molecule has 2 aromatic rings. The van der Waals surface area contributed by atoms with Crippen molar-refractivity contribution in [2.75, 3.05) is 13.1 Å². The Bertz CT molecular complexity index is 790. The predicted molar refractivity (Wildman–Crippen MR) is 91.1 cm³/mol. The number of carbonyl (C=O) groups is 1. The van der Waals surface area contributed by atoms with Crippen LogP contribution in [0.5, 0.6) is 0 Å². The third-order valence-corrected chi connectivity index (χ3v) is 4.81. The van der Waals surface area contributed by atoms with Gasteiger partial charge in [-0.05, 0) is 38.8 Å². The maximum absolute atomic E-state index is 12.6. The molecule has 7 heteroatoms. The van der Waals surface area contributed by atoms with Gasteiger partial charge in [0.15, 0.2) is 0 Å². The Kier molecular flexibility index (Phi) is 4.34. The number of aryl methyl sites for hydroxylation is 2. The first-order valence-electron chi connectivity index (χ1n) is 8.46. The van der Waals surface area contributed by atoms with E-state index in [2.05, 4.69) is 5.10 Å². The SMILES string of the molecule is CC(C)n1c(C2CCN(C(=O)c3cccn3C)CC2)nn(C)c1=O. The molecule has 0 unspecified atom stereocenters. The van der Waals surface area contributed by atoms with Gasteiger partial charge in [0.1, 0.15) is 11.5 Å². The summed E-state index contributed by atoms with van der Waals surface area (Å²) in [6.07, 6.45) is 3.55. The van der Waals surface area contributed by atoms with E-state index < -0.39 is 0 Å². The van der Waals surface area contributed by atoms with Crippen molar-refractivity contribution >= 4 is 5.91 Å². The van der Waals surface area contributed by atoms with Gasteiger partial charge in [-0.2, -0.15) is 5.10 Å². The first-order chi connectivity index (χ1) is 11.4. The average molecular weight is 331 g/mol. The number of nitrogens with zero attached hydrogens (tertiary/aromatic N) is 5. The normalized spacial score (nSPS) is 16.1. The summed E-state index contributed by atoms with van der Waals surface area (Å²) in [4.78, 5) is 26.7. The van der Waals surface area contributed by atoms with Crippen molar-refractivity contribution in [3.05, 3.63) is 40.3 Å². The number of likely N-dealkylation sites (tertiary alicyclic amines) is 1. The van der Waals surface area contributed by atoms with Crippen LogP contribution in [0.15, 0.2) is 23.1 Å². The molecule has 2 aromatic heterocycles. The van der Waals surface area contributed by atoms with Crippen LogP contribution in [0.25, 0.3) is 0 Å². The third-order valence-electron chi connectivity index (χ3n) is 4.81. The Morgan fingerprint density at radius 3 is 2.46 bits per heavy atom.